The van der Waals surface area contributed by atoms with Crippen molar-refractivity contribution in [1.82, 2.24) is 0 Å². The van der Waals surface area contributed by atoms with E-state index < -0.39 is 11.6 Å². The van der Waals surface area contributed by atoms with Crippen LogP contribution in [0.2, 0.25) is 0 Å². The van der Waals surface area contributed by atoms with E-state index in [1.165, 1.54) is 17.7 Å². The third-order valence-corrected chi connectivity index (χ3v) is 4.56. The minimum atomic E-state index is -0.545. The third kappa shape index (κ3) is 2.22. The maximum atomic E-state index is 14.1. The highest BCUT2D eigenvalue weighted by atomic mass is 79.9. The number of halogens is 3. The highest BCUT2D eigenvalue weighted by molar-refractivity contribution is 9.10. The largest absolute Gasteiger partial charge is 0.373 e. The van der Waals surface area contributed by atoms with E-state index in [0.717, 1.165) is 22.9 Å². The Bertz CT molecular complexity index is 670. The monoisotopic (exact) mass is 337 g/mol. The van der Waals surface area contributed by atoms with E-state index in [0.29, 0.717) is 5.56 Å². The van der Waals surface area contributed by atoms with Gasteiger partial charge in [-0.2, -0.15) is 0 Å². The standard InChI is InChI=1S/C16H14BrF2N/c1-9-5-7-13(18)16(15(9)19)20-14-8-6-10-11(14)3-2-4-12(10)17/h2-5,7,14,20H,6,8H2,1H3. The summed E-state index contributed by atoms with van der Waals surface area (Å²) in [6, 6.07) is 8.66. The second-order valence-corrected chi connectivity index (χ2v) is 5.95. The van der Waals surface area contributed by atoms with Gasteiger partial charge in [0.2, 0.25) is 0 Å². The van der Waals surface area contributed by atoms with Gasteiger partial charge in [0.15, 0.2) is 5.82 Å². The van der Waals surface area contributed by atoms with Crippen molar-refractivity contribution in [3.63, 3.8) is 0 Å². The summed E-state index contributed by atoms with van der Waals surface area (Å²) in [5.74, 6) is -1.05. The van der Waals surface area contributed by atoms with Crippen LogP contribution in [0.25, 0.3) is 0 Å². The van der Waals surface area contributed by atoms with Gasteiger partial charge in [0, 0.05) is 4.47 Å². The second-order valence-electron chi connectivity index (χ2n) is 5.10. The van der Waals surface area contributed by atoms with E-state index >= 15 is 0 Å². The lowest BCUT2D eigenvalue weighted by Gasteiger charge is -2.17. The molecule has 2 aromatic rings. The summed E-state index contributed by atoms with van der Waals surface area (Å²) in [5, 5.41) is 3.03. The van der Waals surface area contributed by atoms with Crippen LogP contribution in [-0.2, 0) is 6.42 Å². The lowest BCUT2D eigenvalue weighted by molar-refractivity contribution is 0.576. The van der Waals surface area contributed by atoms with Crippen LogP contribution < -0.4 is 5.32 Å². The molecular formula is C16H14BrF2N. The maximum absolute atomic E-state index is 14.1. The van der Waals surface area contributed by atoms with Gasteiger partial charge in [0.1, 0.15) is 11.5 Å². The molecule has 1 aliphatic carbocycles. The molecular weight excluding hydrogens is 324 g/mol. The number of rotatable bonds is 2. The van der Waals surface area contributed by atoms with Crippen molar-refractivity contribution < 1.29 is 8.78 Å². The summed E-state index contributed by atoms with van der Waals surface area (Å²) in [6.45, 7) is 1.64. The average Bonchev–Trinajstić information content (AvgIpc) is 2.84. The number of aryl methyl sites for hydroxylation is 1. The zero-order valence-electron chi connectivity index (χ0n) is 11.0. The van der Waals surface area contributed by atoms with Crippen LogP contribution in [-0.4, -0.2) is 0 Å². The Morgan fingerprint density at radius 1 is 1.20 bits per heavy atom. The Hall–Kier alpha value is -1.42. The molecule has 2 aromatic carbocycles. The lowest BCUT2D eigenvalue weighted by atomic mass is 10.1. The minimum absolute atomic E-state index is 0.0252. The highest BCUT2D eigenvalue weighted by Crippen LogP contribution is 2.38. The van der Waals surface area contributed by atoms with Crippen molar-refractivity contribution in [2.45, 2.75) is 25.8 Å². The third-order valence-electron chi connectivity index (χ3n) is 3.82. The first kappa shape index (κ1) is 13.6. The van der Waals surface area contributed by atoms with Gasteiger partial charge in [-0.05, 0) is 48.6 Å². The molecule has 1 unspecified atom stereocenters. The number of anilines is 1. The van der Waals surface area contributed by atoms with Crippen LogP contribution in [0.15, 0.2) is 34.8 Å². The SMILES string of the molecule is Cc1ccc(F)c(NC2CCc3c(Br)cccc32)c1F. The van der Waals surface area contributed by atoms with Crippen LogP contribution in [0.4, 0.5) is 14.5 Å². The first-order chi connectivity index (χ1) is 9.58. The molecule has 0 radical (unpaired) electrons. The molecule has 104 valence electrons. The van der Waals surface area contributed by atoms with E-state index in [1.54, 1.807) is 6.92 Å². The van der Waals surface area contributed by atoms with E-state index in [4.69, 9.17) is 0 Å². The summed E-state index contributed by atoms with van der Waals surface area (Å²) in [5.41, 5.74) is 2.75. The number of benzene rings is 2. The van der Waals surface area contributed by atoms with E-state index in [1.807, 2.05) is 18.2 Å². The fourth-order valence-electron chi connectivity index (χ4n) is 2.72. The molecule has 4 heteroatoms. The van der Waals surface area contributed by atoms with Crippen molar-refractivity contribution in [3.8, 4) is 0 Å². The molecule has 1 aliphatic rings. The molecule has 0 aromatic heterocycles. The first-order valence-corrected chi connectivity index (χ1v) is 7.35. The zero-order chi connectivity index (χ0) is 14.3. The van der Waals surface area contributed by atoms with E-state index in [9.17, 15) is 8.78 Å². The molecule has 3 rings (SSSR count). The molecule has 1 N–H and O–H groups in total. The van der Waals surface area contributed by atoms with Gasteiger partial charge >= 0.3 is 0 Å². The molecule has 0 heterocycles. The molecule has 1 nitrogen and oxygen atoms in total. The van der Waals surface area contributed by atoms with Gasteiger partial charge in [0.05, 0.1) is 6.04 Å². The molecule has 0 saturated carbocycles. The average molecular weight is 338 g/mol. The maximum Gasteiger partial charge on any atom is 0.152 e. The quantitative estimate of drug-likeness (QED) is 0.800. The molecule has 20 heavy (non-hydrogen) atoms. The minimum Gasteiger partial charge on any atom is -0.373 e. The molecule has 0 bridgehead atoms. The number of hydrogen-bond acceptors (Lipinski definition) is 1. The molecule has 0 spiro atoms. The fraction of sp³-hybridized carbons (Fsp3) is 0.250. The van der Waals surface area contributed by atoms with Crippen LogP contribution in [0.1, 0.15) is 29.2 Å². The number of nitrogens with one attached hydrogen (secondary N) is 1. The molecule has 0 aliphatic heterocycles. The summed E-state index contributed by atoms with van der Waals surface area (Å²) in [7, 11) is 0. The van der Waals surface area contributed by atoms with Gasteiger partial charge in [0.25, 0.3) is 0 Å². The summed E-state index contributed by atoms with van der Waals surface area (Å²) >= 11 is 3.52. The lowest BCUT2D eigenvalue weighted by Crippen LogP contribution is -2.10. The molecule has 1 atom stereocenters. The topological polar surface area (TPSA) is 12.0 Å². The highest BCUT2D eigenvalue weighted by Gasteiger charge is 2.25. The van der Waals surface area contributed by atoms with Gasteiger partial charge < -0.3 is 5.32 Å². The predicted octanol–water partition coefficient (Wildman–Crippen LogP) is 5.14. The van der Waals surface area contributed by atoms with Gasteiger partial charge in [-0.25, -0.2) is 8.78 Å². The first-order valence-electron chi connectivity index (χ1n) is 6.56. The van der Waals surface area contributed by atoms with E-state index in [-0.39, 0.29) is 11.7 Å². The van der Waals surface area contributed by atoms with Crippen LogP contribution in [0.5, 0.6) is 0 Å². The Morgan fingerprint density at radius 3 is 2.80 bits per heavy atom. The predicted molar refractivity (Wildman–Crippen MR) is 79.9 cm³/mol. The Balaban J connectivity index is 1.96. The molecule has 0 saturated heterocycles. The van der Waals surface area contributed by atoms with E-state index in [2.05, 4.69) is 21.2 Å². The normalized spacial score (nSPS) is 17.1. The smallest absolute Gasteiger partial charge is 0.152 e. The van der Waals surface area contributed by atoms with Gasteiger partial charge in [-0.15, -0.1) is 0 Å². The van der Waals surface area contributed by atoms with Crippen LogP contribution in [0, 0.1) is 18.6 Å². The van der Waals surface area contributed by atoms with Gasteiger partial charge in [-0.3, -0.25) is 0 Å². The summed E-state index contributed by atoms with van der Waals surface area (Å²) in [4.78, 5) is 0. The van der Waals surface area contributed by atoms with Crippen molar-refractivity contribution in [2.75, 3.05) is 5.32 Å². The summed E-state index contributed by atoms with van der Waals surface area (Å²) in [6.07, 6.45) is 1.74. The van der Waals surface area contributed by atoms with Crippen molar-refractivity contribution in [2.24, 2.45) is 0 Å². The van der Waals surface area contributed by atoms with Crippen molar-refractivity contribution in [1.29, 1.82) is 0 Å². The molecule has 0 fully saturated rings. The Morgan fingerprint density at radius 2 is 2.00 bits per heavy atom. The Labute approximate surface area is 125 Å². The number of fused-ring (bicyclic) bond motifs is 1. The number of hydrogen-bond donors (Lipinski definition) is 1. The van der Waals surface area contributed by atoms with Crippen LogP contribution in [0.3, 0.4) is 0 Å². The fourth-order valence-corrected chi connectivity index (χ4v) is 3.30. The van der Waals surface area contributed by atoms with Gasteiger partial charge in [-0.1, -0.05) is 34.1 Å². The second kappa shape index (κ2) is 5.17. The summed E-state index contributed by atoms with van der Waals surface area (Å²) < 4.78 is 28.9. The molecule has 0 amide bonds. The van der Waals surface area contributed by atoms with Crippen LogP contribution >= 0.6 is 15.9 Å². The van der Waals surface area contributed by atoms with Crippen molar-refractivity contribution >= 4 is 21.6 Å². The van der Waals surface area contributed by atoms with Crippen molar-refractivity contribution in [3.05, 3.63) is 63.1 Å². The zero-order valence-corrected chi connectivity index (χ0v) is 12.6. The Kier molecular flexibility index (Phi) is 3.50.